The van der Waals surface area contributed by atoms with Gasteiger partial charge in [0, 0.05) is 19.5 Å². The summed E-state index contributed by atoms with van der Waals surface area (Å²) in [6, 6.07) is 0.383. The third-order valence-electron chi connectivity index (χ3n) is 4.26. The molecule has 0 aliphatic carbocycles. The molecule has 1 saturated heterocycles. The minimum absolute atomic E-state index is 0.226. The Kier molecular flexibility index (Phi) is 3.23. The van der Waals surface area contributed by atoms with Crippen LogP contribution in [0.15, 0.2) is 0 Å². The Morgan fingerprint density at radius 2 is 2.07 bits per heavy atom. The smallest absolute Gasteiger partial charge is 0.219 e. The molecule has 0 aromatic heterocycles. The number of carbonyl (C=O) groups is 1. The fraction of sp³-hybridized carbons (Fsp3) is 0.917. The van der Waals surface area contributed by atoms with Crippen LogP contribution < -0.4 is 0 Å². The predicted octanol–water partition coefficient (Wildman–Crippen LogP) is 2.68. The van der Waals surface area contributed by atoms with Gasteiger partial charge in [-0.25, -0.2) is 0 Å². The van der Waals surface area contributed by atoms with Crippen LogP contribution in [0.1, 0.15) is 47.5 Å². The zero-order valence-electron chi connectivity index (χ0n) is 10.1. The van der Waals surface area contributed by atoms with Gasteiger partial charge in [0.2, 0.25) is 5.91 Å². The van der Waals surface area contributed by atoms with E-state index in [4.69, 9.17) is 0 Å². The van der Waals surface area contributed by atoms with Crippen molar-refractivity contribution in [2.75, 3.05) is 6.54 Å². The first kappa shape index (κ1) is 11.5. The minimum atomic E-state index is 0.226. The largest absolute Gasteiger partial charge is 0.340 e. The topological polar surface area (TPSA) is 20.3 Å². The van der Waals surface area contributed by atoms with Gasteiger partial charge in [0.15, 0.2) is 0 Å². The lowest BCUT2D eigenvalue weighted by Crippen LogP contribution is -2.53. The summed E-state index contributed by atoms with van der Waals surface area (Å²) in [6.07, 6.45) is 2.40. The van der Waals surface area contributed by atoms with E-state index >= 15 is 0 Å². The molecule has 2 atom stereocenters. The summed E-state index contributed by atoms with van der Waals surface area (Å²) < 4.78 is 0. The molecule has 0 unspecified atom stereocenters. The van der Waals surface area contributed by atoms with E-state index in [0.29, 0.717) is 17.4 Å². The maximum Gasteiger partial charge on any atom is 0.219 e. The predicted molar refractivity (Wildman–Crippen MR) is 59.0 cm³/mol. The van der Waals surface area contributed by atoms with Gasteiger partial charge in [0.1, 0.15) is 0 Å². The Morgan fingerprint density at radius 1 is 1.50 bits per heavy atom. The molecule has 0 aromatic rings. The quantitative estimate of drug-likeness (QED) is 0.633. The maximum atomic E-state index is 11.4. The van der Waals surface area contributed by atoms with E-state index in [1.165, 1.54) is 6.42 Å². The van der Waals surface area contributed by atoms with Crippen LogP contribution in [0.25, 0.3) is 0 Å². The molecule has 82 valence electrons. The highest BCUT2D eigenvalue weighted by molar-refractivity contribution is 5.73. The Bertz CT molecular complexity index is 224. The minimum Gasteiger partial charge on any atom is -0.340 e. The van der Waals surface area contributed by atoms with Crippen molar-refractivity contribution in [3.8, 4) is 0 Å². The summed E-state index contributed by atoms with van der Waals surface area (Å²) in [7, 11) is 0. The van der Waals surface area contributed by atoms with Gasteiger partial charge < -0.3 is 4.90 Å². The number of likely N-dealkylation sites (tertiary alicyclic amines) is 1. The summed E-state index contributed by atoms with van der Waals surface area (Å²) in [6.45, 7) is 11.7. The number of hydrogen-bond donors (Lipinski definition) is 0. The summed E-state index contributed by atoms with van der Waals surface area (Å²) in [5.74, 6) is 0.865. The number of piperidine rings is 1. The molecule has 0 N–H and O–H groups in total. The van der Waals surface area contributed by atoms with Crippen LogP contribution in [0.2, 0.25) is 0 Å². The number of rotatable bonds is 1. The van der Waals surface area contributed by atoms with Gasteiger partial charge in [-0.3, -0.25) is 4.79 Å². The molecule has 14 heavy (non-hydrogen) atoms. The second kappa shape index (κ2) is 3.92. The Hall–Kier alpha value is -0.530. The van der Waals surface area contributed by atoms with Crippen LogP contribution in [-0.4, -0.2) is 23.4 Å². The third-order valence-corrected chi connectivity index (χ3v) is 4.26. The van der Waals surface area contributed by atoms with Gasteiger partial charge in [-0.1, -0.05) is 20.8 Å². The van der Waals surface area contributed by atoms with Crippen LogP contribution in [-0.2, 0) is 4.79 Å². The third kappa shape index (κ3) is 1.79. The van der Waals surface area contributed by atoms with Crippen molar-refractivity contribution in [3.05, 3.63) is 0 Å². The van der Waals surface area contributed by atoms with Crippen LogP contribution in [0.5, 0.6) is 0 Å². The van der Waals surface area contributed by atoms with Crippen molar-refractivity contribution >= 4 is 5.91 Å². The lowest BCUT2D eigenvalue weighted by Gasteiger charge is -2.49. The van der Waals surface area contributed by atoms with E-state index in [1.54, 1.807) is 6.92 Å². The van der Waals surface area contributed by atoms with Gasteiger partial charge in [-0.15, -0.1) is 0 Å². The molecule has 0 spiro atoms. The lowest BCUT2D eigenvalue weighted by atomic mass is 9.68. The highest BCUT2D eigenvalue weighted by Gasteiger charge is 2.41. The SMILES string of the molecule is CC(=O)N1CCC[C@@](C)(C(C)C)[C@@H]1C. The van der Waals surface area contributed by atoms with Gasteiger partial charge in [0.25, 0.3) is 0 Å². The highest BCUT2D eigenvalue weighted by Crippen LogP contribution is 2.41. The van der Waals surface area contributed by atoms with Crippen molar-refractivity contribution in [2.45, 2.75) is 53.5 Å². The van der Waals surface area contributed by atoms with Crippen molar-refractivity contribution in [1.29, 1.82) is 0 Å². The maximum absolute atomic E-state index is 11.4. The summed E-state index contributed by atoms with van der Waals surface area (Å²) in [4.78, 5) is 13.5. The monoisotopic (exact) mass is 197 g/mol. The van der Waals surface area contributed by atoms with Crippen molar-refractivity contribution in [3.63, 3.8) is 0 Å². The summed E-state index contributed by atoms with van der Waals surface area (Å²) in [5, 5.41) is 0. The first-order chi connectivity index (χ1) is 6.39. The molecular formula is C12H23NO. The van der Waals surface area contributed by atoms with E-state index in [-0.39, 0.29) is 5.91 Å². The Balaban J connectivity index is 2.85. The molecule has 1 aliphatic rings. The fourth-order valence-electron chi connectivity index (χ4n) is 2.59. The average molecular weight is 197 g/mol. The fourth-order valence-corrected chi connectivity index (χ4v) is 2.59. The lowest BCUT2D eigenvalue weighted by molar-refractivity contribution is -0.137. The van der Waals surface area contributed by atoms with Gasteiger partial charge in [-0.05, 0) is 31.1 Å². The van der Waals surface area contributed by atoms with E-state index < -0.39 is 0 Å². The van der Waals surface area contributed by atoms with Crippen LogP contribution in [0.4, 0.5) is 0 Å². The number of hydrogen-bond acceptors (Lipinski definition) is 1. The molecular weight excluding hydrogens is 174 g/mol. The van der Waals surface area contributed by atoms with Crippen LogP contribution >= 0.6 is 0 Å². The molecule has 1 heterocycles. The Labute approximate surface area is 87.7 Å². The van der Waals surface area contributed by atoms with Crippen molar-refractivity contribution in [2.24, 2.45) is 11.3 Å². The number of nitrogens with zero attached hydrogens (tertiary/aromatic N) is 1. The molecule has 0 radical (unpaired) electrons. The molecule has 0 bridgehead atoms. The normalized spacial score (nSPS) is 33.6. The summed E-state index contributed by atoms with van der Waals surface area (Å²) in [5.41, 5.74) is 0.296. The van der Waals surface area contributed by atoms with Gasteiger partial charge >= 0.3 is 0 Å². The first-order valence-electron chi connectivity index (χ1n) is 5.67. The molecule has 1 amide bonds. The molecule has 1 rings (SSSR count). The Morgan fingerprint density at radius 3 is 2.50 bits per heavy atom. The van der Waals surface area contributed by atoms with E-state index in [9.17, 15) is 4.79 Å². The molecule has 0 aromatic carbocycles. The summed E-state index contributed by atoms with van der Waals surface area (Å²) >= 11 is 0. The molecule has 0 saturated carbocycles. The average Bonchev–Trinajstić information content (AvgIpc) is 2.09. The van der Waals surface area contributed by atoms with E-state index in [0.717, 1.165) is 13.0 Å². The first-order valence-corrected chi connectivity index (χ1v) is 5.67. The number of carbonyl (C=O) groups excluding carboxylic acids is 1. The van der Waals surface area contributed by atoms with E-state index in [2.05, 4.69) is 27.7 Å². The molecule has 1 fully saturated rings. The molecule has 2 nitrogen and oxygen atoms in total. The van der Waals surface area contributed by atoms with Crippen molar-refractivity contribution < 1.29 is 4.79 Å². The molecule has 2 heteroatoms. The van der Waals surface area contributed by atoms with Crippen LogP contribution in [0.3, 0.4) is 0 Å². The highest BCUT2D eigenvalue weighted by atomic mass is 16.2. The van der Waals surface area contributed by atoms with Gasteiger partial charge in [0.05, 0.1) is 0 Å². The standard InChI is InChI=1S/C12H23NO/c1-9(2)12(5)7-6-8-13(10(12)3)11(4)14/h9-10H,6-8H2,1-5H3/t10-,12-/m0/s1. The molecule has 1 aliphatic heterocycles. The van der Waals surface area contributed by atoms with E-state index in [1.807, 2.05) is 4.90 Å². The van der Waals surface area contributed by atoms with Crippen molar-refractivity contribution in [1.82, 2.24) is 4.90 Å². The zero-order valence-corrected chi connectivity index (χ0v) is 10.1. The zero-order chi connectivity index (χ0) is 10.9. The second-order valence-electron chi connectivity index (χ2n) is 5.15. The van der Waals surface area contributed by atoms with Gasteiger partial charge in [-0.2, -0.15) is 0 Å². The number of amides is 1. The van der Waals surface area contributed by atoms with Crippen LogP contribution in [0, 0.1) is 11.3 Å². The second-order valence-corrected chi connectivity index (χ2v) is 5.15.